The number of aryl methyl sites for hydroxylation is 1. The number of para-hydroxylation sites is 1. The van der Waals surface area contributed by atoms with Crippen molar-refractivity contribution in [3.8, 4) is 11.1 Å². The molecule has 0 spiro atoms. The minimum absolute atomic E-state index is 0.673. The lowest BCUT2D eigenvalue weighted by Gasteiger charge is -2.40. The molecule has 0 N–H and O–H groups in total. The van der Waals surface area contributed by atoms with Crippen LogP contribution in [0.25, 0.3) is 27.7 Å². The number of morpholine rings is 1. The van der Waals surface area contributed by atoms with E-state index in [0.717, 1.165) is 78.5 Å². The van der Waals surface area contributed by atoms with Crippen molar-refractivity contribution in [3.05, 3.63) is 54.6 Å². The van der Waals surface area contributed by atoms with Gasteiger partial charge in [0.1, 0.15) is 0 Å². The highest BCUT2D eigenvalue weighted by atomic mass is 16.5. The minimum atomic E-state index is 0.673. The van der Waals surface area contributed by atoms with Gasteiger partial charge in [0.2, 0.25) is 0 Å². The van der Waals surface area contributed by atoms with Gasteiger partial charge in [0, 0.05) is 48.9 Å². The van der Waals surface area contributed by atoms with Crippen LogP contribution < -0.4 is 4.90 Å². The molecule has 2 aliphatic heterocycles. The molecule has 2 fully saturated rings. The molecule has 0 amide bonds. The third-order valence-electron chi connectivity index (χ3n) is 6.87. The average molecular weight is 429 g/mol. The van der Waals surface area contributed by atoms with Crippen molar-refractivity contribution < 1.29 is 4.74 Å². The van der Waals surface area contributed by atoms with Gasteiger partial charge in [-0.15, -0.1) is 0 Å². The van der Waals surface area contributed by atoms with Crippen LogP contribution in [-0.4, -0.2) is 69.9 Å². The van der Waals surface area contributed by atoms with Gasteiger partial charge in [-0.2, -0.15) is 5.10 Å². The predicted molar refractivity (Wildman–Crippen MR) is 126 cm³/mol. The fraction of sp³-hybridized carbons (Fsp3) is 0.400. The SMILES string of the molecule is Cc1cc(-c2cnn3cc(N4CCC(N5CCOCC5)CC4)cnc23)c2ccccc2n1. The largest absolute Gasteiger partial charge is 0.379 e. The standard InChI is InChI=1S/C25H28N6O/c1-18-14-22(21-4-2-3-5-24(21)28-18)23-16-27-31-17-20(15-26-25(23)31)29-8-6-19(7-9-29)30-10-12-32-13-11-30/h2-5,14-17,19H,6-13H2,1H3. The van der Waals surface area contributed by atoms with Crippen LogP contribution in [0.4, 0.5) is 5.69 Å². The molecule has 7 nitrogen and oxygen atoms in total. The molecular weight excluding hydrogens is 400 g/mol. The normalized spacial score (nSPS) is 18.6. The molecule has 0 saturated carbocycles. The molecule has 5 heterocycles. The molecule has 7 heteroatoms. The quantitative estimate of drug-likeness (QED) is 0.497. The van der Waals surface area contributed by atoms with Crippen LogP contribution in [0.3, 0.4) is 0 Å². The Morgan fingerprint density at radius 1 is 0.969 bits per heavy atom. The molecule has 0 atom stereocenters. The number of nitrogens with zero attached hydrogens (tertiary/aromatic N) is 6. The van der Waals surface area contributed by atoms with Crippen molar-refractivity contribution in [2.45, 2.75) is 25.8 Å². The van der Waals surface area contributed by atoms with Crippen LogP contribution in [0.1, 0.15) is 18.5 Å². The molecule has 2 aliphatic rings. The molecule has 3 aromatic heterocycles. The molecule has 0 bridgehead atoms. The van der Waals surface area contributed by atoms with Gasteiger partial charge in [-0.25, -0.2) is 9.50 Å². The van der Waals surface area contributed by atoms with E-state index in [1.165, 1.54) is 12.8 Å². The fourth-order valence-corrected chi connectivity index (χ4v) is 5.18. The van der Waals surface area contributed by atoms with E-state index >= 15 is 0 Å². The molecule has 164 valence electrons. The first-order valence-electron chi connectivity index (χ1n) is 11.5. The smallest absolute Gasteiger partial charge is 0.162 e. The molecule has 32 heavy (non-hydrogen) atoms. The van der Waals surface area contributed by atoms with Gasteiger partial charge in [-0.3, -0.25) is 9.88 Å². The van der Waals surface area contributed by atoms with E-state index in [1.807, 2.05) is 29.9 Å². The highest BCUT2D eigenvalue weighted by Crippen LogP contribution is 2.32. The highest BCUT2D eigenvalue weighted by Gasteiger charge is 2.26. The zero-order chi connectivity index (χ0) is 21.5. The van der Waals surface area contributed by atoms with E-state index < -0.39 is 0 Å². The van der Waals surface area contributed by atoms with Gasteiger partial charge >= 0.3 is 0 Å². The molecule has 4 aromatic rings. The van der Waals surface area contributed by atoms with Crippen molar-refractivity contribution in [3.63, 3.8) is 0 Å². The minimum Gasteiger partial charge on any atom is -0.379 e. The Bertz CT molecular complexity index is 1250. The summed E-state index contributed by atoms with van der Waals surface area (Å²) in [5.74, 6) is 0. The molecule has 0 unspecified atom stereocenters. The Kier molecular flexibility index (Phi) is 5.00. The summed E-state index contributed by atoms with van der Waals surface area (Å²) in [4.78, 5) is 14.6. The van der Waals surface area contributed by atoms with Crippen molar-refractivity contribution in [1.29, 1.82) is 0 Å². The Morgan fingerprint density at radius 3 is 2.62 bits per heavy atom. The number of pyridine rings is 1. The van der Waals surface area contributed by atoms with Crippen LogP contribution in [0.5, 0.6) is 0 Å². The number of fused-ring (bicyclic) bond motifs is 2. The van der Waals surface area contributed by atoms with Crippen molar-refractivity contribution >= 4 is 22.2 Å². The topological polar surface area (TPSA) is 58.8 Å². The van der Waals surface area contributed by atoms with Crippen LogP contribution >= 0.6 is 0 Å². The Hall–Kier alpha value is -3.03. The van der Waals surface area contributed by atoms with Crippen LogP contribution in [0, 0.1) is 6.92 Å². The fourth-order valence-electron chi connectivity index (χ4n) is 5.18. The lowest BCUT2D eigenvalue weighted by Crippen LogP contribution is -2.49. The lowest BCUT2D eigenvalue weighted by atomic mass is 10.0. The van der Waals surface area contributed by atoms with E-state index in [2.05, 4.69) is 50.3 Å². The first-order chi connectivity index (χ1) is 15.8. The maximum Gasteiger partial charge on any atom is 0.162 e. The summed E-state index contributed by atoms with van der Waals surface area (Å²) in [5.41, 5.74) is 6.20. The van der Waals surface area contributed by atoms with E-state index in [-0.39, 0.29) is 0 Å². The molecule has 0 aliphatic carbocycles. The number of piperidine rings is 1. The predicted octanol–water partition coefficient (Wildman–Crippen LogP) is 3.55. The second kappa shape index (κ2) is 8.15. The second-order valence-electron chi connectivity index (χ2n) is 8.83. The van der Waals surface area contributed by atoms with Crippen LogP contribution in [0.2, 0.25) is 0 Å². The van der Waals surface area contributed by atoms with Gasteiger partial charge in [-0.1, -0.05) is 18.2 Å². The van der Waals surface area contributed by atoms with Crippen LogP contribution in [0.15, 0.2) is 48.9 Å². The first-order valence-corrected chi connectivity index (χ1v) is 11.5. The molecule has 0 radical (unpaired) electrons. The number of aromatic nitrogens is 4. The molecule has 2 saturated heterocycles. The summed E-state index contributed by atoms with van der Waals surface area (Å²) in [6.45, 7) is 8.01. The number of rotatable bonds is 3. The molecule has 6 rings (SSSR count). The van der Waals surface area contributed by atoms with E-state index in [9.17, 15) is 0 Å². The summed E-state index contributed by atoms with van der Waals surface area (Å²) < 4.78 is 7.43. The monoisotopic (exact) mass is 428 g/mol. The third-order valence-corrected chi connectivity index (χ3v) is 6.87. The number of hydrogen-bond acceptors (Lipinski definition) is 6. The van der Waals surface area contributed by atoms with Gasteiger partial charge in [0.15, 0.2) is 5.65 Å². The second-order valence-corrected chi connectivity index (χ2v) is 8.83. The third kappa shape index (κ3) is 3.51. The maximum atomic E-state index is 5.51. The summed E-state index contributed by atoms with van der Waals surface area (Å²) in [6, 6.07) is 11.1. The van der Waals surface area contributed by atoms with Gasteiger partial charge in [0.05, 0.1) is 43.0 Å². The first kappa shape index (κ1) is 19.6. The van der Waals surface area contributed by atoms with Crippen molar-refractivity contribution in [2.24, 2.45) is 0 Å². The van der Waals surface area contributed by atoms with Crippen molar-refractivity contribution in [1.82, 2.24) is 24.5 Å². The van der Waals surface area contributed by atoms with Gasteiger partial charge in [-0.05, 0) is 37.5 Å². The van der Waals surface area contributed by atoms with E-state index in [0.29, 0.717) is 6.04 Å². The number of benzene rings is 1. The lowest BCUT2D eigenvalue weighted by molar-refractivity contribution is 0.0115. The van der Waals surface area contributed by atoms with Crippen molar-refractivity contribution in [2.75, 3.05) is 44.3 Å². The maximum absolute atomic E-state index is 5.51. The molecule has 1 aromatic carbocycles. The Labute approximate surface area is 187 Å². The highest BCUT2D eigenvalue weighted by molar-refractivity contribution is 5.98. The summed E-state index contributed by atoms with van der Waals surface area (Å²) in [6.07, 6.45) is 8.43. The summed E-state index contributed by atoms with van der Waals surface area (Å²) in [5, 5.41) is 5.79. The van der Waals surface area contributed by atoms with Gasteiger partial charge in [0.25, 0.3) is 0 Å². The zero-order valence-corrected chi connectivity index (χ0v) is 18.4. The Morgan fingerprint density at radius 2 is 1.78 bits per heavy atom. The average Bonchev–Trinajstić information content (AvgIpc) is 3.27. The summed E-state index contributed by atoms with van der Waals surface area (Å²) in [7, 11) is 0. The number of anilines is 1. The zero-order valence-electron chi connectivity index (χ0n) is 18.4. The number of ether oxygens (including phenoxy) is 1. The van der Waals surface area contributed by atoms with Crippen LogP contribution in [-0.2, 0) is 4.74 Å². The Balaban J connectivity index is 1.27. The van der Waals surface area contributed by atoms with Gasteiger partial charge < -0.3 is 9.64 Å². The summed E-state index contributed by atoms with van der Waals surface area (Å²) >= 11 is 0. The van der Waals surface area contributed by atoms with E-state index in [4.69, 9.17) is 9.72 Å². The molecular formula is C25H28N6O. The van der Waals surface area contributed by atoms with E-state index in [1.54, 1.807) is 0 Å². The number of hydrogen-bond donors (Lipinski definition) is 0.